The maximum Gasteiger partial charge on any atom is 0.285 e. The molecule has 2 atom stereocenters. The summed E-state index contributed by atoms with van der Waals surface area (Å²) < 4.78 is 31.3. The Morgan fingerprint density at radius 2 is 1.26 bits per heavy atom. The summed E-state index contributed by atoms with van der Waals surface area (Å²) in [5.74, 6) is 0.793. The van der Waals surface area contributed by atoms with E-state index in [9.17, 15) is 8.42 Å². The van der Waals surface area contributed by atoms with Crippen LogP contribution in [0.15, 0.2) is 53.8 Å². The van der Waals surface area contributed by atoms with Crippen molar-refractivity contribution in [3.05, 3.63) is 64.0 Å². The molecular formula is C19H16Cl3N7O4S2. The van der Waals surface area contributed by atoms with Gasteiger partial charge in [0.1, 0.15) is 16.7 Å². The molecule has 2 aromatic heterocycles. The van der Waals surface area contributed by atoms with E-state index in [1.165, 1.54) is 12.4 Å². The summed E-state index contributed by atoms with van der Waals surface area (Å²) in [5, 5.41) is 13.9. The molecule has 0 aliphatic carbocycles. The summed E-state index contributed by atoms with van der Waals surface area (Å²) in [6.45, 7) is 0. The fraction of sp³-hybridized carbons (Fsp3) is 0. The molecule has 2 heterocycles. The van der Waals surface area contributed by atoms with E-state index in [1.807, 2.05) is 0 Å². The van der Waals surface area contributed by atoms with Gasteiger partial charge >= 0.3 is 0 Å². The van der Waals surface area contributed by atoms with Gasteiger partial charge in [-0.2, -0.15) is 13.4 Å². The van der Waals surface area contributed by atoms with Crippen LogP contribution in [0, 0.1) is 0 Å². The van der Waals surface area contributed by atoms with Crippen molar-refractivity contribution in [2.45, 2.75) is 0 Å². The van der Waals surface area contributed by atoms with Gasteiger partial charge in [0.2, 0.25) is 0 Å². The van der Waals surface area contributed by atoms with Crippen molar-refractivity contribution in [2.75, 3.05) is 0 Å². The number of nitrogens with zero attached hydrogens (tertiary/aromatic N) is 3. The first-order valence-corrected chi connectivity index (χ1v) is 12.6. The summed E-state index contributed by atoms with van der Waals surface area (Å²) in [5.41, 5.74) is 10.7. The van der Waals surface area contributed by atoms with Gasteiger partial charge in [-0.15, -0.1) is 0 Å². The van der Waals surface area contributed by atoms with E-state index in [1.54, 1.807) is 36.4 Å². The van der Waals surface area contributed by atoms with Gasteiger partial charge < -0.3 is 19.8 Å². The van der Waals surface area contributed by atoms with E-state index < -0.39 is 22.5 Å². The minimum Gasteiger partial charge on any atom is -0.389 e. The summed E-state index contributed by atoms with van der Waals surface area (Å²) in [7, 11) is 0. The number of hydrogen-bond donors (Lipinski definition) is 4. The van der Waals surface area contributed by atoms with Crippen LogP contribution in [0.5, 0.6) is 11.5 Å². The van der Waals surface area contributed by atoms with Gasteiger partial charge in [0.05, 0.1) is 10.0 Å². The van der Waals surface area contributed by atoms with E-state index in [-0.39, 0.29) is 11.8 Å². The quantitative estimate of drug-likeness (QED) is 0.158. The van der Waals surface area contributed by atoms with Crippen molar-refractivity contribution in [3.63, 3.8) is 0 Å². The van der Waals surface area contributed by atoms with Gasteiger partial charge in [-0.25, -0.2) is 20.2 Å². The summed E-state index contributed by atoms with van der Waals surface area (Å²) >= 11 is 14.1. The Morgan fingerprint density at radius 3 is 1.77 bits per heavy atom. The third-order valence-corrected chi connectivity index (χ3v) is 5.76. The highest BCUT2D eigenvalue weighted by molar-refractivity contribution is 7.78. The largest absolute Gasteiger partial charge is 0.389 e. The van der Waals surface area contributed by atoms with Crippen molar-refractivity contribution >= 4 is 90.7 Å². The average molecular weight is 577 g/mol. The minimum absolute atomic E-state index is 0.134. The first-order valence-electron chi connectivity index (χ1n) is 9.15. The Morgan fingerprint density at radius 1 is 0.771 bits per heavy atom. The summed E-state index contributed by atoms with van der Waals surface area (Å²) in [6, 6.07) is 9.70. The van der Waals surface area contributed by atoms with E-state index >= 15 is 0 Å². The average Bonchev–Trinajstić information content (AvgIpc) is 2.78. The number of guanidine groups is 1. The lowest BCUT2D eigenvalue weighted by Crippen LogP contribution is -2.22. The number of halogens is 3. The normalized spacial score (nSPS) is 12.4. The van der Waals surface area contributed by atoms with Gasteiger partial charge in [-0.05, 0) is 36.4 Å². The Labute approximate surface area is 218 Å². The highest BCUT2D eigenvalue weighted by Crippen LogP contribution is 2.33. The zero-order chi connectivity index (χ0) is 25.7. The number of hydrogen-bond acceptors (Lipinski definition) is 7. The SMILES string of the molecule is NC(N)=Nc1ncc(Cl)c2ccc(OS(N)=O)cc12.NS(=O)Oc1ccc2c(Cl)cnc(Cl)c2c1. The fourth-order valence-electron chi connectivity index (χ4n) is 2.83. The molecule has 0 radical (unpaired) electrons. The van der Waals surface area contributed by atoms with Crippen molar-refractivity contribution in [2.24, 2.45) is 26.7 Å². The highest BCUT2D eigenvalue weighted by atomic mass is 35.5. The first kappa shape index (κ1) is 26.8. The van der Waals surface area contributed by atoms with Crippen molar-refractivity contribution in [3.8, 4) is 11.5 Å². The van der Waals surface area contributed by atoms with E-state index in [0.29, 0.717) is 42.9 Å². The van der Waals surface area contributed by atoms with Crippen LogP contribution in [0.3, 0.4) is 0 Å². The lowest BCUT2D eigenvalue weighted by Gasteiger charge is -2.06. The molecule has 2 aromatic carbocycles. The zero-order valence-corrected chi connectivity index (χ0v) is 21.3. The Balaban J connectivity index is 0.000000198. The third-order valence-electron chi connectivity index (χ3n) is 4.14. The topological polar surface area (TPSA) is 195 Å². The molecule has 184 valence electrons. The third kappa shape index (κ3) is 7.11. The van der Waals surface area contributed by atoms with Gasteiger partial charge in [0.25, 0.3) is 22.5 Å². The van der Waals surface area contributed by atoms with E-state index in [0.717, 1.165) is 5.39 Å². The Hall–Kier alpha value is -2.78. The maximum absolute atomic E-state index is 10.8. The van der Waals surface area contributed by atoms with Crippen molar-refractivity contribution < 1.29 is 16.8 Å². The number of aromatic nitrogens is 2. The van der Waals surface area contributed by atoms with Crippen molar-refractivity contribution in [1.82, 2.24) is 9.97 Å². The molecule has 4 rings (SSSR count). The smallest absolute Gasteiger partial charge is 0.285 e. The molecule has 4 aromatic rings. The van der Waals surface area contributed by atoms with Crippen LogP contribution in [0.25, 0.3) is 21.5 Å². The Bertz CT molecular complexity index is 1490. The maximum atomic E-state index is 10.8. The van der Waals surface area contributed by atoms with Crippen LogP contribution < -0.4 is 30.1 Å². The summed E-state index contributed by atoms with van der Waals surface area (Å²) in [4.78, 5) is 11.8. The molecule has 0 spiro atoms. The molecule has 0 saturated carbocycles. The number of rotatable bonds is 5. The lowest BCUT2D eigenvalue weighted by atomic mass is 10.1. The number of aliphatic imine (C=N–C) groups is 1. The molecule has 35 heavy (non-hydrogen) atoms. The number of pyridine rings is 2. The first-order chi connectivity index (χ1) is 16.5. The second-order valence-electron chi connectivity index (χ2n) is 6.47. The van der Waals surface area contributed by atoms with Crippen LogP contribution in [-0.2, 0) is 22.5 Å². The zero-order valence-electron chi connectivity index (χ0n) is 17.4. The highest BCUT2D eigenvalue weighted by Gasteiger charge is 2.09. The van der Waals surface area contributed by atoms with Crippen LogP contribution in [0.1, 0.15) is 0 Å². The molecule has 11 nitrogen and oxygen atoms in total. The molecule has 0 aliphatic heterocycles. The minimum atomic E-state index is -1.92. The Kier molecular flexibility index (Phi) is 9.02. The van der Waals surface area contributed by atoms with Gasteiger partial charge in [0, 0.05) is 33.9 Å². The molecule has 8 N–H and O–H groups in total. The second kappa shape index (κ2) is 11.8. The molecule has 0 bridgehead atoms. The monoisotopic (exact) mass is 575 g/mol. The van der Waals surface area contributed by atoms with E-state index in [4.69, 9.17) is 64.9 Å². The predicted molar refractivity (Wildman–Crippen MR) is 140 cm³/mol. The second-order valence-corrected chi connectivity index (χ2v) is 9.01. The number of benzene rings is 2. The van der Waals surface area contributed by atoms with E-state index in [2.05, 4.69) is 15.0 Å². The molecule has 0 saturated heterocycles. The van der Waals surface area contributed by atoms with Crippen LogP contribution >= 0.6 is 34.8 Å². The van der Waals surface area contributed by atoms with Gasteiger partial charge in [-0.3, -0.25) is 0 Å². The molecule has 0 amide bonds. The van der Waals surface area contributed by atoms with Crippen molar-refractivity contribution in [1.29, 1.82) is 0 Å². The lowest BCUT2D eigenvalue weighted by molar-refractivity contribution is 0.563. The van der Waals surface area contributed by atoms with Gasteiger partial charge in [0.15, 0.2) is 11.8 Å². The molecule has 0 fully saturated rings. The molecule has 2 unspecified atom stereocenters. The van der Waals surface area contributed by atoms with Crippen LogP contribution in [0.4, 0.5) is 5.82 Å². The standard InChI is InChI=1S/C10H10ClN5O2S.C9H6Cl2N2O2S/c11-8-4-15-9(16-10(12)13)7-3-5(18-19(14)17)1-2-6(7)8;10-8-4-13-9(11)7-3-5(15-16(12)14)1-2-6(7)8/h1-4H,14H2,(H4,12,13,15,16);1-4H,12H2. The van der Waals surface area contributed by atoms with Crippen LogP contribution in [-0.4, -0.2) is 24.3 Å². The van der Waals surface area contributed by atoms with Crippen LogP contribution in [0.2, 0.25) is 15.2 Å². The molecule has 16 heteroatoms. The molecule has 0 aliphatic rings. The van der Waals surface area contributed by atoms with Gasteiger partial charge in [-0.1, -0.05) is 34.8 Å². The molecular weight excluding hydrogens is 561 g/mol. The number of fused-ring (bicyclic) bond motifs is 2. The number of nitrogens with two attached hydrogens (primary N) is 4. The summed E-state index contributed by atoms with van der Waals surface area (Å²) in [6.07, 6.45) is 2.90. The fourth-order valence-corrected chi connectivity index (χ4v) is 4.05. The predicted octanol–water partition coefficient (Wildman–Crippen LogP) is 3.17.